The average Bonchev–Trinajstić information content (AvgIpc) is 2.24. The molecule has 0 fully saturated rings. The van der Waals surface area contributed by atoms with Crippen LogP contribution in [0.15, 0.2) is 18.2 Å². The number of halogens is 3. The number of alkyl halides is 3. The van der Waals surface area contributed by atoms with Crippen molar-refractivity contribution in [2.24, 2.45) is 11.5 Å². The number of carbonyl (C=O) groups is 1. The molecule has 0 aliphatic rings. The van der Waals surface area contributed by atoms with Crippen molar-refractivity contribution >= 4 is 11.6 Å². The van der Waals surface area contributed by atoms with E-state index >= 15 is 0 Å². The molecule has 0 aliphatic heterocycles. The highest BCUT2D eigenvalue weighted by Crippen LogP contribution is 2.33. The number of anilines is 1. The molecule has 1 rings (SSSR count). The van der Waals surface area contributed by atoms with E-state index in [9.17, 15) is 18.0 Å². The predicted molar refractivity (Wildman–Crippen MR) is 57.5 cm³/mol. The number of carbonyl (C=O) groups excluding carboxylic acids is 1. The van der Waals surface area contributed by atoms with Gasteiger partial charge >= 0.3 is 6.18 Å². The molecule has 0 radical (unpaired) electrons. The summed E-state index contributed by atoms with van der Waals surface area (Å²) in [5, 5.41) is 2.70. The van der Waals surface area contributed by atoms with Gasteiger partial charge in [0.15, 0.2) is 0 Å². The molecule has 0 aromatic heterocycles. The van der Waals surface area contributed by atoms with E-state index in [1.165, 1.54) is 6.07 Å². The average molecular weight is 247 g/mol. The Morgan fingerprint density at radius 1 is 1.35 bits per heavy atom. The first kappa shape index (κ1) is 13.3. The molecule has 7 heteroatoms. The van der Waals surface area contributed by atoms with Gasteiger partial charge in [-0.15, -0.1) is 0 Å². The van der Waals surface area contributed by atoms with Gasteiger partial charge in [0, 0.05) is 18.8 Å². The quantitative estimate of drug-likeness (QED) is 0.747. The fraction of sp³-hybridized carbons (Fsp3) is 0.300. The number of hydrogen-bond donors (Lipinski definition) is 3. The van der Waals surface area contributed by atoms with Crippen LogP contribution in [0.25, 0.3) is 0 Å². The lowest BCUT2D eigenvalue weighted by Crippen LogP contribution is -2.19. The van der Waals surface area contributed by atoms with E-state index in [-0.39, 0.29) is 5.69 Å². The van der Waals surface area contributed by atoms with Crippen molar-refractivity contribution in [2.75, 3.05) is 18.4 Å². The van der Waals surface area contributed by atoms with Crippen molar-refractivity contribution in [3.05, 3.63) is 29.3 Å². The molecule has 1 aromatic carbocycles. The van der Waals surface area contributed by atoms with Crippen LogP contribution in [0.4, 0.5) is 18.9 Å². The summed E-state index contributed by atoms with van der Waals surface area (Å²) in [5.41, 5.74) is 8.75. The summed E-state index contributed by atoms with van der Waals surface area (Å²) in [7, 11) is 0. The minimum atomic E-state index is -4.62. The number of nitrogens with one attached hydrogen (secondary N) is 1. The number of hydrogen-bond acceptors (Lipinski definition) is 3. The smallest absolute Gasteiger partial charge is 0.384 e. The third-order valence-corrected chi connectivity index (χ3v) is 2.06. The van der Waals surface area contributed by atoms with Gasteiger partial charge in [0.2, 0.25) is 5.91 Å². The second-order valence-electron chi connectivity index (χ2n) is 3.34. The molecular formula is C10H12F3N3O. The van der Waals surface area contributed by atoms with Crippen molar-refractivity contribution in [3.63, 3.8) is 0 Å². The molecule has 0 spiro atoms. The van der Waals surface area contributed by atoms with Gasteiger partial charge in [-0.1, -0.05) is 0 Å². The summed E-state index contributed by atoms with van der Waals surface area (Å²) in [5.74, 6) is -1.11. The van der Waals surface area contributed by atoms with Crippen LogP contribution < -0.4 is 16.8 Å². The van der Waals surface area contributed by atoms with Gasteiger partial charge in [0.1, 0.15) is 0 Å². The molecule has 0 bridgehead atoms. The number of amides is 1. The molecule has 1 amide bonds. The van der Waals surface area contributed by atoms with Crippen LogP contribution in [-0.2, 0) is 6.18 Å². The Morgan fingerprint density at radius 3 is 2.47 bits per heavy atom. The number of benzene rings is 1. The molecule has 4 nitrogen and oxygen atoms in total. The molecule has 0 atom stereocenters. The van der Waals surface area contributed by atoms with E-state index in [4.69, 9.17) is 11.5 Å². The van der Waals surface area contributed by atoms with Crippen LogP contribution in [0, 0.1) is 0 Å². The maximum Gasteiger partial charge on any atom is 0.417 e. The molecule has 0 saturated carbocycles. The van der Waals surface area contributed by atoms with Gasteiger partial charge in [-0.3, -0.25) is 4.79 Å². The zero-order valence-corrected chi connectivity index (χ0v) is 8.84. The fourth-order valence-electron chi connectivity index (χ4n) is 1.32. The first-order valence-electron chi connectivity index (χ1n) is 4.81. The molecule has 0 saturated heterocycles. The Labute approximate surface area is 95.8 Å². The largest absolute Gasteiger partial charge is 0.417 e. The minimum Gasteiger partial charge on any atom is -0.384 e. The normalized spacial score (nSPS) is 11.3. The summed E-state index contributed by atoms with van der Waals surface area (Å²) in [6.07, 6.45) is -4.62. The Balaban J connectivity index is 3.15. The second kappa shape index (κ2) is 5.05. The summed E-state index contributed by atoms with van der Waals surface area (Å²) in [6, 6.07) is 3.24. The van der Waals surface area contributed by atoms with Crippen LogP contribution in [0.5, 0.6) is 0 Å². The van der Waals surface area contributed by atoms with Gasteiger partial charge in [-0.05, 0) is 18.2 Å². The Kier molecular flexibility index (Phi) is 3.95. The van der Waals surface area contributed by atoms with E-state index in [0.717, 1.165) is 12.1 Å². The Morgan fingerprint density at radius 2 is 2.00 bits per heavy atom. The van der Waals surface area contributed by atoms with E-state index in [0.29, 0.717) is 13.1 Å². The molecule has 17 heavy (non-hydrogen) atoms. The van der Waals surface area contributed by atoms with Crippen molar-refractivity contribution in [1.82, 2.24) is 0 Å². The van der Waals surface area contributed by atoms with Crippen LogP contribution in [0.2, 0.25) is 0 Å². The number of rotatable bonds is 4. The fourth-order valence-corrected chi connectivity index (χ4v) is 1.32. The van der Waals surface area contributed by atoms with Gasteiger partial charge in [0.25, 0.3) is 0 Å². The molecule has 1 aromatic rings. The SMILES string of the molecule is NCCNc1ccc(C(N)=O)c(C(F)(F)F)c1. The van der Waals surface area contributed by atoms with Crippen LogP contribution in [0.3, 0.4) is 0 Å². The maximum absolute atomic E-state index is 12.7. The highest BCUT2D eigenvalue weighted by Gasteiger charge is 2.35. The van der Waals surface area contributed by atoms with Gasteiger partial charge in [0.05, 0.1) is 11.1 Å². The monoisotopic (exact) mass is 247 g/mol. The van der Waals surface area contributed by atoms with E-state index in [2.05, 4.69) is 5.32 Å². The van der Waals surface area contributed by atoms with Crippen molar-refractivity contribution in [3.8, 4) is 0 Å². The van der Waals surface area contributed by atoms with Gasteiger partial charge in [-0.25, -0.2) is 0 Å². The van der Waals surface area contributed by atoms with Gasteiger partial charge in [-0.2, -0.15) is 13.2 Å². The van der Waals surface area contributed by atoms with E-state index < -0.39 is 23.2 Å². The highest BCUT2D eigenvalue weighted by atomic mass is 19.4. The topological polar surface area (TPSA) is 81.1 Å². The zero-order chi connectivity index (χ0) is 13.1. The third kappa shape index (κ3) is 3.35. The van der Waals surface area contributed by atoms with Gasteiger partial charge < -0.3 is 16.8 Å². The standard InChI is InChI=1S/C10H12F3N3O/c11-10(12,13)8-5-6(16-4-3-14)1-2-7(8)9(15)17/h1-2,5,16H,3-4,14H2,(H2,15,17). The first-order chi connectivity index (χ1) is 7.86. The van der Waals surface area contributed by atoms with Crippen molar-refractivity contribution in [1.29, 1.82) is 0 Å². The molecule has 0 unspecified atom stereocenters. The van der Waals surface area contributed by atoms with Crippen LogP contribution >= 0.6 is 0 Å². The number of nitrogens with two attached hydrogens (primary N) is 2. The summed E-state index contributed by atoms with van der Waals surface area (Å²) in [6.45, 7) is 0.631. The molecule has 5 N–H and O–H groups in total. The third-order valence-electron chi connectivity index (χ3n) is 2.06. The Hall–Kier alpha value is -1.76. The molecule has 0 heterocycles. The summed E-state index contributed by atoms with van der Waals surface area (Å²) in [4.78, 5) is 10.9. The summed E-state index contributed by atoms with van der Waals surface area (Å²) >= 11 is 0. The molecule has 0 aliphatic carbocycles. The predicted octanol–water partition coefficient (Wildman–Crippen LogP) is 1.17. The summed E-state index contributed by atoms with van der Waals surface area (Å²) < 4.78 is 38.0. The number of primary amides is 1. The first-order valence-corrected chi connectivity index (χ1v) is 4.81. The van der Waals surface area contributed by atoms with Crippen LogP contribution in [-0.4, -0.2) is 19.0 Å². The Bertz CT molecular complexity index is 418. The van der Waals surface area contributed by atoms with E-state index in [1.54, 1.807) is 0 Å². The van der Waals surface area contributed by atoms with E-state index in [1.807, 2.05) is 0 Å². The molecular weight excluding hydrogens is 235 g/mol. The lowest BCUT2D eigenvalue weighted by Gasteiger charge is -2.13. The van der Waals surface area contributed by atoms with Crippen LogP contribution in [0.1, 0.15) is 15.9 Å². The highest BCUT2D eigenvalue weighted by molar-refractivity contribution is 5.95. The lowest BCUT2D eigenvalue weighted by molar-refractivity contribution is -0.137. The maximum atomic E-state index is 12.7. The second-order valence-corrected chi connectivity index (χ2v) is 3.34. The van der Waals surface area contributed by atoms with Crippen molar-refractivity contribution in [2.45, 2.75) is 6.18 Å². The zero-order valence-electron chi connectivity index (χ0n) is 8.84. The minimum absolute atomic E-state index is 0.243. The lowest BCUT2D eigenvalue weighted by atomic mass is 10.1. The molecule has 94 valence electrons. The van der Waals surface area contributed by atoms with Crippen molar-refractivity contribution < 1.29 is 18.0 Å².